The monoisotopic (exact) mass is 426 g/mol. The Balaban J connectivity index is 1.99. The van der Waals surface area contributed by atoms with E-state index in [2.05, 4.69) is 15.5 Å². The molecule has 0 saturated heterocycles. The van der Waals surface area contributed by atoms with E-state index in [1.165, 1.54) is 21.6 Å². The molecule has 11 nitrogen and oxygen atoms in total. The molecule has 3 aromatic rings. The molecular weight excluding hydrogens is 404 g/mol. The van der Waals surface area contributed by atoms with Crippen molar-refractivity contribution in [1.29, 1.82) is 0 Å². The van der Waals surface area contributed by atoms with Gasteiger partial charge in [0.25, 0.3) is 5.91 Å². The summed E-state index contributed by atoms with van der Waals surface area (Å²) in [7, 11) is 0. The molecule has 2 aromatic heterocycles. The SMILES string of the molecule is CCOC(=O)c1cnn(-c2ccccc2)c1NC(=O)C(CC)n1nc([N+](=O)[O-])cc1C. The molecule has 3 rings (SSSR count). The van der Waals surface area contributed by atoms with Crippen molar-refractivity contribution in [3.05, 3.63) is 64.0 Å². The number of benzene rings is 1. The van der Waals surface area contributed by atoms with E-state index in [-0.39, 0.29) is 23.8 Å². The predicted octanol–water partition coefficient (Wildman–Crippen LogP) is 3.05. The van der Waals surface area contributed by atoms with Crippen molar-refractivity contribution in [1.82, 2.24) is 19.6 Å². The number of aromatic nitrogens is 4. The Morgan fingerprint density at radius 2 is 1.97 bits per heavy atom. The number of aryl methyl sites for hydroxylation is 1. The van der Waals surface area contributed by atoms with E-state index in [9.17, 15) is 19.7 Å². The largest absolute Gasteiger partial charge is 0.462 e. The van der Waals surface area contributed by atoms with Gasteiger partial charge in [0.2, 0.25) is 0 Å². The zero-order chi connectivity index (χ0) is 22.5. The fourth-order valence-corrected chi connectivity index (χ4v) is 3.14. The summed E-state index contributed by atoms with van der Waals surface area (Å²) >= 11 is 0. The van der Waals surface area contributed by atoms with Crippen LogP contribution in [0.3, 0.4) is 0 Å². The lowest BCUT2D eigenvalue weighted by Gasteiger charge is -2.16. The quantitative estimate of drug-likeness (QED) is 0.332. The van der Waals surface area contributed by atoms with Gasteiger partial charge in [-0.05, 0) is 37.3 Å². The molecule has 1 aromatic carbocycles. The van der Waals surface area contributed by atoms with Gasteiger partial charge in [-0.2, -0.15) is 9.78 Å². The van der Waals surface area contributed by atoms with Gasteiger partial charge in [0.1, 0.15) is 5.56 Å². The highest BCUT2D eigenvalue weighted by Crippen LogP contribution is 2.25. The van der Waals surface area contributed by atoms with Crippen LogP contribution in [0.4, 0.5) is 11.6 Å². The summed E-state index contributed by atoms with van der Waals surface area (Å²) in [4.78, 5) is 36.0. The van der Waals surface area contributed by atoms with Crippen LogP contribution in [0.25, 0.3) is 5.69 Å². The first-order valence-corrected chi connectivity index (χ1v) is 9.69. The zero-order valence-corrected chi connectivity index (χ0v) is 17.3. The van der Waals surface area contributed by atoms with Gasteiger partial charge in [-0.3, -0.25) is 4.79 Å². The number of nitrogens with zero attached hydrogens (tertiary/aromatic N) is 5. The van der Waals surface area contributed by atoms with E-state index in [4.69, 9.17) is 4.74 Å². The Kier molecular flexibility index (Phi) is 6.43. The van der Waals surface area contributed by atoms with Crippen molar-refractivity contribution >= 4 is 23.5 Å². The summed E-state index contributed by atoms with van der Waals surface area (Å²) in [6, 6.07) is 9.45. The molecule has 1 N–H and O–H groups in total. The van der Waals surface area contributed by atoms with Gasteiger partial charge in [-0.1, -0.05) is 25.1 Å². The average molecular weight is 426 g/mol. The normalized spacial score (nSPS) is 11.7. The van der Waals surface area contributed by atoms with Gasteiger partial charge in [0.05, 0.1) is 35.4 Å². The summed E-state index contributed by atoms with van der Waals surface area (Å²) in [5.41, 5.74) is 1.19. The molecule has 0 aliphatic rings. The summed E-state index contributed by atoms with van der Waals surface area (Å²) in [6.07, 6.45) is 1.64. The van der Waals surface area contributed by atoms with Crippen molar-refractivity contribution in [2.75, 3.05) is 11.9 Å². The van der Waals surface area contributed by atoms with Crippen LogP contribution in [0.2, 0.25) is 0 Å². The second-order valence-corrected chi connectivity index (χ2v) is 6.63. The molecular formula is C20H22N6O5. The summed E-state index contributed by atoms with van der Waals surface area (Å²) < 4.78 is 7.82. The number of nitrogens with one attached hydrogen (secondary N) is 1. The van der Waals surface area contributed by atoms with Crippen molar-refractivity contribution in [2.24, 2.45) is 0 Å². The van der Waals surface area contributed by atoms with E-state index >= 15 is 0 Å². The standard InChI is InChI=1S/C20H22N6O5/c1-4-16(24-13(3)11-17(23-24)26(29)30)19(27)22-18-15(20(28)31-5-2)12-21-25(18)14-9-7-6-8-10-14/h6-12,16H,4-5H2,1-3H3,(H,22,27). The number of ether oxygens (including phenoxy) is 1. The molecule has 0 fully saturated rings. The number of carbonyl (C=O) groups excluding carboxylic acids is 2. The van der Waals surface area contributed by atoms with E-state index in [0.717, 1.165) is 0 Å². The van der Waals surface area contributed by atoms with Crippen LogP contribution >= 0.6 is 0 Å². The van der Waals surface area contributed by atoms with Crippen molar-refractivity contribution in [3.8, 4) is 5.69 Å². The molecule has 0 saturated carbocycles. The lowest BCUT2D eigenvalue weighted by Crippen LogP contribution is -2.29. The summed E-state index contributed by atoms with van der Waals surface area (Å²) in [5, 5.41) is 22.0. The Hall–Kier alpha value is -4.02. The Morgan fingerprint density at radius 3 is 2.55 bits per heavy atom. The Morgan fingerprint density at radius 1 is 1.26 bits per heavy atom. The third-order valence-corrected chi connectivity index (χ3v) is 4.59. The minimum absolute atomic E-state index is 0.0945. The maximum absolute atomic E-state index is 13.2. The molecule has 162 valence electrons. The van der Waals surface area contributed by atoms with Crippen LogP contribution in [0, 0.1) is 17.0 Å². The fourth-order valence-electron chi connectivity index (χ4n) is 3.14. The molecule has 11 heteroatoms. The predicted molar refractivity (Wildman–Crippen MR) is 111 cm³/mol. The van der Waals surface area contributed by atoms with Crippen LogP contribution < -0.4 is 5.32 Å². The number of amides is 1. The first kappa shape index (κ1) is 21.7. The summed E-state index contributed by atoms with van der Waals surface area (Å²) in [5.74, 6) is -1.32. The number of para-hydroxylation sites is 1. The van der Waals surface area contributed by atoms with Gasteiger partial charge in [-0.15, -0.1) is 0 Å². The van der Waals surface area contributed by atoms with Crippen molar-refractivity contribution in [2.45, 2.75) is 33.2 Å². The number of esters is 1. The van der Waals surface area contributed by atoms with Gasteiger partial charge in [-0.25, -0.2) is 9.48 Å². The number of hydrogen-bond acceptors (Lipinski definition) is 7. The highest BCUT2D eigenvalue weighted by atomic mass is 16.6. The molecule has 0 bridgehead atoms. The molecule has 0 aliphatic carbocycles. The molecule has 2 heterocycles. The number of nitro groups is 1. The zero-order valence-electron chi connectivity index (χ0n) is 17.3. The fraction of sp³-hybridized carbons (Fsp3) is 0.300. The Bertz CT molecular complexity index is 1100. The second-order valence-electron chi connectivity index (χ2n) is 6.63. The van der Waals surface area contributed by atoms with Crippen LogP contribution in [0.1, 0.15) is 42.4 Å². The first-order valence-electron chi connectivity index (χ1n) is 9.69. The van der Waals surface area contributed by atoms with Crippen molar-refractivity contribution < 1.29 is 19.2 Å². The van der Waals surface area contributed by atoms with Gasteiger partial charge >= 0.3 is 11.8 Å². The van der Waals surface area contributed by atoms with Crippen LogP contribution in [-0.2, 0) is 9.53 Å². The Labute approximate surface area is 177 Å². The van der Waals surface area contributed by atoms with Gasteiger partial charge < -0.3 is 20.2 Å². The minimum Gasteiger partial charge on any atom is -0.462 e. The van der Waals surface area contributed by atoms with E-state index in [1.807, 2.05) is 6.07 Å². The van der Waals surface area contributed by atoms with Gasteiger partial charge in [0.15, 0.2) is 11.9 Å². The lowest BCUT2D eigenvalue weighted by atomic mass is 10.2. The first-order chi connectivity index (χ1) is 14.9. The van der Waals surface area contributed by atoms with E-state index in [0.29, 0.717) is 17.8 Å². The molecule has 0 spiro atoms. The third kappa shape index (κ3) is 4.44. The molecule has 1 atom stereocenters. The molecule has 0 aliphatic heterocycles. The summed E-state index contributed by atoms with van der Waals surface area (Å²) in [6.45, 7) is 5.24. The number of anilines is 1. The highest BCUT2D eigenvalue weighted by molar-refractivity contribution is 6.01. The number of hydrogen-bond donors (Lipinski definition) is 1. The van der Waals surface area contributed by atoms with Gasteiger partial charge in [0, 0.05) is 0 Å². The smallest absolute Gasteiger partial charge is 0.390 e. The van der Waals surface area contributed by atoms with Crippen LogP contribution in [-0.4, -0.2) is 43.0 Å². The molecule has 1 amide bonds. The molecule has 0 radical (unpaired) electrons. The average Bonchev–Trinajstić information content (AvgIpc) is 3.34. The number of rotatable bonds is 8. The second kappa shape index (κ2) is 9.20. The maximum atomic E-state index is 13.2. The van der Waals surface area contributed by atoms with Crippen molar-refractivity contribution in [3.63, 3.8) is 0 Å². The van der Waals surface area contributed by atoms with Crippen LogP contribution in [0.15, 0.2) is 42.6 Å². The minimum atomic E-state index is -0.831. The molecule has 1 unspecified atom stereocenters. The van der Waals surface area contributed by atoms with Crippen LogP contribution in [0.5, 0.6) is 0 Å². The lowest BCUT2D eigenvalue weighted by molar-refractivity contribution is -0.389. The third-order valence-electron chi connectivity index (χ3n) is 4.59. The molecule has 31 heavy (non-hydrogen) atoms. The van der Waals surface area contributed by atoms with E-state index in [1.54, 1.807) is 45.0 Å². The maximum Gasteiger partial charge on any atom is 0.390 e. The number of carbonyl (C=O) groups is 2. The highest BCUT2D eigenvalue weighted by Gasteiger charge is 2.29. The van der Waals surface area contributed by atoms with E-state index < -0.39 is 22.8 Å². The topological polar surface area (TPSA) is 134 Å².